The van der Waals surface area contributed by atoms with E-state index in [1.54, 1.807) is 11.8 Å². The molecule has 0 aromatic carbocycles. The Hall–Kier alpha value is -1.96. The van der Waals surface area contributed by atoms with Gasteiger partial charge in [0.15, 0.2) is 5.13 Å². The van der Waals surface area contributed by atoms with Crippen molar-refractivity contribution in [1.29, 1.82) is 0 Å². The molecule has 0 radical (unpaired) electrons. The number of carbonyl (C=O) groups is 3. The summed E-state index contributed by atoms with van der Waals surface area (Å²) in [7, 11) is 0. The number of rotatable bonds is 6. The summed E-state index contributed by atoms with van der Waals surface area (Å²) in [5.41, 5.74) is 0.959. The molecule has 3 rings (SSSR count). The molecule has 0 bridgehead atoms. The van der Waals surface area contributed by atoms with Gasteiger partial charge in [-0.05, 0) is 19.8 Å². The summed E-state index contributed by atoms with van der Waals surface area (Å²) in [4.78, 5) is 42.6. The van der Waals surface area contributed by atoms with Gasteiger partial charge in [0.1, 0.15) is 0 Å². The second kappa shape index (κ2) is 7.29. The molecule has 1 N–H and O–H groups in total. The molecule has 2 amide bonds. The van der Waals surface area contributed by atoms with E-state index in [0.717, 1.165) is 23.4 Å². The number of esters is 1. The molecule has 2 aliphatic rings. The van der Waals surface area contributed by atoms with Crippen molar-refractivity contribution in [3.05, 3.63) is 10.6 Å². The van der Waals surface area contributed by atoms with Gasteiger partial charge in [0.2, 0.25) is 11.8 Å². The molecule has 0 saturated heterocycles. The van der Waals surface area contributed by atoms with Gasteiger partial charge in [-0.25, -0.2) is 4.98 Å². The third-order valence-electron chi connectivity index (χ3n) is 4.11. The smallest absolute Gasteiger partial charge is 0.306 e. The van der Waals surface area contributed by atoms with Gasteiger partial charge in [-0.2, -0.15) is 0 Å². The minimum absolute atomic E-state index is 0.0449. The maximum absolute atomic E-state index is 12.2. The molecule has 130 valence electrons. The molecule has 0 spiro atoms. The molecule has 1 aliphatic heterocycles. The fraction of sp³-hybridized carbons (Fsp3) is 0.625. The predicted molar refractivity (Wildman–Crippen MR) is 88.5 cm³/mol. The number of fused-ring (bicyclic) bond motifs is 1. The van der Waals surface area contributed by atoms with Crippen molar-refractivity contribution >= 4 is 34.3 Å². The van der Waals surface area contributed by atoms with Crippen LogP contribution in [0.2, 0.25) is 0 Å². The fourth-order valence-corrected chi connectivity index (χ4v) is 3.64. The molecule has 8 heteroatoms. The van der Waals surface area contributed by atoms with Crippen LogP contribution in [-0.4, -0.2) is 40.8 Å². The van der Waals surface area contributed by atoms with Crippen LogP contribution in [-0.2, 0) is 32.1 Å². The van der Waals surface area contributed by atoms with Gasteiger partial charge >= 0.3 is 5.97 Å². The minimum atomic E-state index is -0.341. The third-order valence-corrected chi connectivity index (χ3v) is 5.11. The zero-order chi connectivity index (χ0) is 17.1. The lowest BCUT2D eigenvalue weighted by molar-refractivity contribution is -0.145. The van der Waals surface area contributed by atoms with Crippen LogP contribution in [0, 0.1) is 5.92 Å². The van der Waals surface area contributed by atoms with E-state index in [-0.39, 0.29) is 36.5 Å². The molecule has 1 aliphatic carbocycles. The van der Waals surface area contributed by atoms with Gasteiger partial charge < -0.3 is 15.0 Å². The summed E-state index contributed by atoms with van der Waals surface area (Å²) >= 11 is 1.43. The van der Waals surface area contributed by atoms with Crippen LogP contribution < -0.4 is 5.32 Å². The molecule has 2 heterocycles. The average molecular weight is 351 g/mol. The van der Waals surface area contributed by atoms with Crippen LogP contribution in [0.4, 0.5) is 5.13 Å². The highest BCUT2D eigenvalue weighted by molar-refractivity contribution is 7.15. The zero-order valence-electron chi connectivity index (χ0n) is 13.7. The number of carbonyl (C=O) groups excluding carboxylic acids is 3. The first-order valence-electron chi connectivity index (χ1n) is 8.29. The van der Waals surface area contributed by atoms with Crippen molar-refractivity contribution in [3.8, 4) is 0 Å². The predicted octanol–water partition coefficient (Wildman–Crippen LogP) is 1.72. The maximum Gasteiger partial charge on any atom is 0.306 e. The third kappa shape index (κ3) is 4.11. The Balaban J connectivity index is 1.53. The van der Waals surface area contributed by atoms with Crippen LogP contribution in [0.5, 0.6) is 0 Å². The summed E-state index contributed by atoms with van der Waals surface area (Å²) in [5, 5.41) is 3.49. The Morgan fingerprint density at radius 1 is 1.33 bits per heavy atom. The van der Waals surface area contributed by atoms with Crippen molar-refractivity contribution in [1.82, 2.24) is 9.88 Å². The minimum Gasteiger partial charge on any atom is -0.466 e. The number of hydrogen-bond donors (Lipinski definition) is 1. The number of aromatic nitrogens is 1. The number of amides is 2. The Labute approximate surface area is 144 Å². The number of ether oxygens (including phenoxy) is 1. The molecule has 24 heavy (non-hydrogen) atoms. The van der Waals surface area contributed by atoms with E-state index in [1.165, 1.54) is 11.3 Å². The number of nitrogens with one attached hydrogen (secondary N) is 1. The molecule has 0 atom stereocenters. The highest BCUT2D eigenvalue weighted by atomic mass is 32.1. The van der Waals surface area contributed by atoms with Crippen LogP contribution >= 0.6 is 11.3 Å². The average Bonchev–Trinajstić information content (AvgIpc) is 3.33. The van der Waals surface area contributed by atoms with Crippen LogP contribution in [0.1, 0.15) is 43.2 Å². The van der Waals surface area contributed by atoms with Crippen molar-refractivity contribution < 1.29 is 19.1 Å². The monoisotopic (exact) mass is 351 g/mol. The lowest BCUT2D eigenvalue weighted by Gasteiger charge is -2.26. The second-order valence-corrected chi connectivity index (χ2v) is 7.11. The van der Waals surface area contributed by atoms with Crippen molar-refractivity contribution in [2.24, 2.45) is 5.92 Å². The highest BCUT2D eigenvalue weighted by Gasteiger charge is 2.31. The van der Waals surface area contributed by atoms with Crippen molar-refractivity contribution in [2.45, 2.75) is 45.6 Å². The number of thiazole rings is 1. The van der Waals surface area contributed by atoms with Gasteiger partial charge in [-0.3, -0.25) is 14.4 Å². The Bertz CT molecular complexity index is 654. The van der Waals surface area contributed by atoms with E-state index in [9.17, 15) is 14.4 Å². The van der Waals surface area contributed by atoms with Crippen LogP contribution in [0.15, 0.2) is 0 Å². The zero-order valence-corrected chi connectivity index (χ0v) is 14.5. The fourth-order valence-electron chi connectivity index (χ4n) is 2.62. The first-order valence-corrected chi connectivity index (χ1v) is 9.11. The van der Waals surface area contributed by atoms with Gasteiger partial charge in [0, 0.05) is 30.2 Å². The lowest BCUT2D eigenvalue weighted by atomic mass is 10.1. The van der Waals surface area contributed by atoms with Gasteiger partial charge in [-0.15, -0.1) is 0 Å². The van der Waals surface area contributed by atoms with Crippen molar-refractivity contribution in [2.75, 3.05) is 18.5 Å². The van der Waals surface area contributed by atoms with E-state index in [0.29, 0.717) is 31.2 Å². The van der Waals surface area contributed by atoms with E-state index in [1.807, 2.05) is 0 Å². The molecule has 1 aromatic rings. The summed E-state index contributed by atoms with van der Waals surface area (Å²) < 4.78 is 4.84. The van der Waals surface area contributed by atoms with Gasteiger partial charge in [0.05, 0.1) is 25.3 Å². The molecule has 1 saturated carbocycles. The van der Waals surface area contributed by atoms with Crippen molar-refractivity contribution in [3.63, 3.8) is 0 Å². The number of hydrogen-bond acceptors (Lipinski definition) is 6. The SMILES string of the molecule is CCOC(=O)CCC(=O)N1CCc2nc(NC(=O)C3CC3)sc2C1. The largest absolute Gasteiger partial charge is 0.466 e. The molecule has 1 aromatic heterocycles. The van der Waals surface area contributed by atoms with Gasteiger partial charge in [0.25, 0.3) is 0 Å². The van der Waals surface area contributed by atoms with Gasteiger partial charge in [-0.1, -0.05) is 11.3 Å². The lowest BCUT2D eigenvalue weighted by Crippen LogP contribution is -2.35. The quantitative estimate of drug-likeness (QED) is 0.788. The molecular weight excluding hydrogens is 330 g/mol. The normalized spacial score (nSPS) is 16.5. The molecular formula is C16H21N3O4S. The van der Waals surface area contributed by atoms with E-state index < -0.39 is 0 Å². The Kier molecular flexibility index (Phi) is 5.13. The highest BCUT2D eigenvalue weighted by Crippen LogP contribution is 2.33. The summed E-state index contributed by atoms with van der Waals surface area (Å²) in [6.45, 7) is 3.16. The Morgan fingerprint density at radius 3 is 2.83 bits per heavy atom. The molecule has 1 fully saturated rings. The topological polar surface area (TPSA) is 88.6 Å². The first-order chi connectivity index (χ1) is 11.6. The molecule has 7 nitrogen and oxygen atoms in total. The van der Waals surface area contributed by atoms with E-state index in [2.05, 4.69) is 10.3 Å². The van der Waals surface area contributed by atoms with Crippen LogP contribution in [0.25, 0.3) is 0 Å². The standard InChI is InChI=1S/C16H21N3O4S/c1-2-23-14(21)6-5-13(20)19-8-7-11-12(9-19)24-16(17-11)18-15(22)10-3-4-10/h10H,2-9H2,1H3,(H,17,18,22). The summed E-state index contributed by atoms with van der Waals surface area (Å²) in [6.07, 6.45) is 2.87. The number of nitrogens with zero attached hydrogens (tertiary/aromatic N) is 2. The number of anilines is 1. The molecule has 0 unspecified atom stereocenters. The summed E-state index contributed by atoms with van der Waals surface area (Å²) in [5.74, 6) is -0.201. The van der Waals surface area contributed by atoms with E-state index in [4.69, 9.17) is 4.74 Å². The summed E-state index contributed by atoms with van der Waals surface area (Å²) in [6, 6.07) is 0. The maximum atomic E-state index is 12.2. The first kappa shape index (κ1) is 16.9. The van der Waals surface area contributed by atoms with E-state index >= 15 is 0 Å². The second-order valence-electron chi connectivity index (χ2n) is 6.02. The van der Waals surface area contributed by atoms with Crippen LogP contribution in [0.3, 0.4) is 0 Å². The Morgan fingerprint density at radius 2 is 2.12 bits per heavy atom.